The molecule has 2 aliphatic rings. The Kier molecular flexibility index (Phi) is 14.0. The van der Waals surface area contributed by atoms with Crippen molar-refractivity contribution in [2.24, 2.45) is 5.92 Å². The lowest BCUT2D eigenvalue weighted by molar-refractivity contribution is -0.156. The van der Waals surface area contributed by atoms with Crippen molar-refractivity contribution in [1.29, 1.82) is 0 Å². The molecule has 0 unspecified atom stereocenters. The lowest BCUT2D eigenvalue weighted by atomic mass is 9.96. The van der Waals surface area contributed by atoms with Crippen molar-refractivity contribution in [2.45, 2.75) is 52.4 Å². The molecule has 0 spiro atoms. The summed E-state index contributed by atoms with van der Waals surface area (Å²) in [6, 6.07) is 19.4. The van der Waals surface area contributed by atoms with Gasteiger partial charge in [-0.15, -0.1) is 0 Å². The topological polar surface area (TPSA) is 91.9 Å². The summed E-state index contributed by atoms with van der Waals surface area (Å²) in [5.74, 6) is -0.151. The van der Waals surface area contributed by atoms with Gasteiger partial charge >= 0.3 is 17.9 Å². The Labute approximate surface area is 274 Å². The van der Waals surface area contributed by atoms with Crippen LogP contribution in [-0.4, -0.2) is 122 Å². The summed E-state index contributed by atoms with van der Waals surface area (Å²) in [4.78, 5) is 46.9. The fraction of sp³-hybridized carbons (Fsp3) is 0.583. The van der Waals surface area contributed by atoms with Gasteiger partial charge < -0.3 is 19.1 Å². The van der Waals surface area contributed by atoms with E-state index in [1.807, 2.05) is 81.4 Å². The van der Waals surface area contributed by atoms with Gasteiger partial charge in [-0.1, -0.05) is 60.7 Å². The highest BCUT2D eigenvalue weighted by molar-refractivity contribution is 5.72. The monoisotopic (exact) mass is 636 g/mol. The number of carbonyl (C=O) groups excluding carboxylic acids is 3. The summed E-state index contributed by atoms with van der Waals surface area (Å²) in [5, 5.41) is 0. The normalized spacial score (nSPS) is 18.2. The lowest BCUT2D eigenvalue weighted by Gasteiger charge is -2.35. The second kappa shape index (κ2) is 18.1. The van der Waals surface area contributed by atoms with Crippen molar-refractivity contribution in [3.05, 3.63) is 71.8 Å². The minimum Gasteiger partial charge on any atom is -0.460 e. The number of piperidine rings is 1. The second-order valence-corrected chi connectivity index (χ2v) is 13.5. The Bertz CT molecular complexity index is 1140. The molecule has 2 heterocycles. The first-order chi connectivity index (χ1) is 22.1. The van der Waals surface area contributed by atoms with E-state index >= 15 is 0 Å². The van der Waals surface area contributed by atoms with Crippen molar-refractivity contribution in [2.75, 3.05) is 78.5 Å². The molecule has 0 atom stereocenters. The van der Waals surface area contributed by atoms with Gasteiger partial charge in [-0.25, -0.2) is 0 Å². The van der Waals surface area contributed by atoms with Gasteiger partial charge in [-0.05, 0) is 63.7 Å². The number of likely N-dealkylation sites (tertiary alicyclic amines) is 1. The van der Waals surface area contributed by atoms with Crippen molar-refractivity contribution in [3.8, 4) is 0 Å². The molecule has 2 aromatic rings. The zero-order valence-electron chi connectivity index (χ0n) is 27.9. The lowest BCUT2D eigenvalue weighted by Crippen LogP contribution is -2.44. The first-order valence-electron chi connectivity index (χ1n) is 16.6. The predicted molar refractivity (Wildman–Crippen MR) is 177 cm³/mol. The molecule has 2 aliphatic heterocycles. The van der Waals surface area contributed by atoms with Gasteiger partial charge in [0.15, 0.2) is 0 Å². The maximum absolute atomic E-state index is 12.8. The molecule has 10 nitrogen and oxygen atoms in total. The van der Waals surface area contributed by atoms with Crippen LogP contribution in [0.5, 0.6) is 0 Å². The Morgan fingerprint density at radius 2 is 0.978 bits per heavy atom. The molecule has 2 saturated heterocycles. The van der Waals surface area contributed by atoms with Crippen LogP contribution in [0.2, 0.25) is 0 Å². The summed E-state index contributed by atoms with van der Waals surface area (Å²) in [5.41, 5.74) is 1.45. The quantitative estimate of drug-likeness (QED) is 0.255. The molecule has 2 fully saturated rings. The number of hydrogen-bond donors (Lipinski definition) is 0. The second-order valence-electron chi connectivity index (χ2n) is 13.5. The van der Waals surface area contributed by atoms with Crippen LogP contribution in [0.4, 0.5) is 0 Å². The Morgan fingerprint density at radius 3 is 1.41 bits per heavy atom. The Balaban J connectivity index is 1.30. The van der Waals surface area contributed by atoms with E-state index in [1.165, 1.54) is 0 Å². The molecule has 0 N–H and O–H groups in total. The average molecular weight is 637 g/mol. The first kappa shape index (κ1) is 35.5. The zero-order chi connectivity index (χ0) is 32.8. The third-order valence-electron chi connectivity index (χ3n) is 8.38. The summed E-state index contributed by atoms with van der Waals surface area (Å²) in [7, 11) is 0. The molecule has 0 bridgehead atoms. The van der Waals surface area contributed by atoms with Gasteiger partial charge in [-0.2, -0.15) is 0 Å². The highest BCUT2D eigenvalue weighted by Gasteiger charge is 2.26. The molecule has 0 amide bonds. The molecular weight excluding hydrogens is 584 g/mol. The van der Waals surface area contributed by atoms with E-state index in [0.717, 1.165) is 69.8 Å². The molecule has 2 aromatic carbocycles. The molecule has 252 valence electrons. The van der Waals surface area contributed by atoms with E-state index in [9.17, 15) is 14.4 Å². The minimum absolute atomic E-state index is 0.171. The van der Waals surface area contributed by atoms with E-state index in [0.29, 0.717) is 25.6 Å². The molecule has 0 radical (unpaired) electrons. The van der Waals surface area contributed by atoms with Crippen LogP contribution in [0.3, 0.4) is 0 Å². The third-order valence-corrected chi connectivity index (χ3v) is 8.38. The molecule has 4 rings (SSSR count). The van der Waals surface area contributed by atoms with Crippen molar-refractivity contribution in [3.63, 3.8) is 0 Å². The van der Waals surface area contributed by atoms with E-state index in [2.05, 4.69) is 19.6 Å². The number of rotatable bonds is 12. The van der Waals surface area contributed by atoms with Crippen molar-refractivity contribution < 1.29 is 28.6 Å². The fourth-order valence-corrected chi connectivity index (χ4v) is 5.86. The van der Waals surface area contributed by atoms with Crippen LogP contribution in [0.1, 0.15) is 44.7 Å². The SMILES string of the molecule is CC(C)(C)OC(=O)CN1CCC(CN2CCN(CC(=O)OCc3ccccc3)CCN(CC(=O)OCc3ccccc3)CC2)CC1. The number of hydrogen-bond acceptors (Lipinski definition) is 10. The minimum atomic E-state index is -0.474. The molecular formula is C36H52N4O6. The smallest absolute Gasteiger partial charge is 0.320 e. The maximum Gasteiger partial charge on any atom is 0.320 e. The van der Waals surface area contributed by atoms with Crippen LogP contribution in [0.15, 0.2) is 60.7 Å². The summed E-state index contributed by atoms with van der Waals surface area (Å²) >= 11 is 0. The highest BCUT2D eigenvalue weighted by atomic mass is 16.6. The van der Waals surface area contributed by atoms with Gasteiger partial charge in [0.05, 0.1) is 19.6 Å². The van der Waals surface area contributed by atoms with Crippen molar-refractivity contribution in [1.82, 2.24) is 19.6 Å². The predicted octanol–water partition coefficient (Wildman–Crippen LogP) is 3.45. The van der Waals surface area contributed by atoms with E-state index in [-0.39, 0.29) is 44.2 Å². The number of esters is 3. The van der Waals surface area contributed by atoms with Crippen molar-refractivity contribution >= 4 is 17.9 Å². The fourth-order valence-electron chi connectivity index (χ4n) is 5.86. The van der Waals surface area contributed by atoms with Crippen LogP contribution in [0.25, 0.3) is 0 Å². The molecule has 46 heavy (non-hydrogen) atoms. The van der Waals surface area contributed by atoms with Gasteiger partial charge in [0.1, 0.15) is 18.8 Å². The zero-order valence-corrected chi connectivity index (χ0v) is 27.9. The van der Waals surface area contributed by atoms with Gasteiger partial charge in [-0.3, -0.25) is 29.1 Å². The largest absolute Gasteiger partial charge is 0.460 e. The Hall–Kier alpha value is -3.31. The number of benzene rings is 2. The van der Waals surface area contributed by atoms with Gasteiger partial charge in [0, 0.05) is 45.8 Å². The first-order valence-corrected chi connectivity index (χ1v) is 16.6. The van der Waals surface area contributed by atoms with E-state index < -0.39 is 5.60 Å². The van der Waals surface area contributed by atoms with Crippen LogP contribution in [-0.2, 0) is 41.8 Å². The highest BCUT2D eigenvalue weighted by Crippen LogP contribution is 2.19. The summed E-state index contributed by atoms with van der Waals surface area (Å²) in [6.07, 6.45) is 2.04. The molecule has 0 saturated carbocycles. The van der Waals surface area contributed by atoms with Crippen LogP contribution in [0, 0.1) is 5.92 Å². The number of ether oxygens (including phenoxy) is 3. The number of nitrogens with zero attached hydrogens (tertiary/aromatic N) is 4. The average Bonchev–Trinajstić information content (AvgIpc) is 3.11. The summed E-state index contributed by atoms with van der Waals surface area (Å²) < 4.78 is 16.7. The molecule has 0 aromatic heterocycles. The molecule has 10 heteroatoms. The Morgan fingerprint density at radius 1 is 0.587 bits per heavy atom. The number of carbonyl (C=O) groups is 3. The standard InChI is InChI=1S/C36H52N4O6/c1-36(2,3)46-35(43)27-37-16-14-30(15-17-37)24-38-18-20-39(25-33(41)44-28-31-10-6-4-7-11-31)22-23-40(21-19-38)26-34(42)45-29-32-12-8-5-9-13-32/h4-13,30H,14-29H2,1-3H3. The van der Waals surface area contributed by atoms with Crippen LogP contribution >= 0.6 is 0 Å². The van der Waals surface area contributed by atoms with Crippen LogP contribution < -0.4 is 0 Å². The van der Waals surface area contributed by atoms with Gasteiger partial charge in [0.2, 0.25) is 0 Å². The third kappa shape index (κ3) is 13.6. The maximum atomic E-state index is 12.8. The van der Waals surface area contributed by atoms with E-state index in [1.54, 1.807) is 0 Å². The summed E-state index contributed by atoms with van der Waals surface area (Å²) in [6.45, 7) is 14.1. The van der Waals surface area contributed by atoms with E-state index in [4.69, 9.17) is 14.2 Å². The van der Waals surface area contributed by atoms with Gasteiger partial charge in [0.25, 0.3) is 0 Å². The molecule has 0 aliphatic carbocycles.